The monoisotopic (exact) mass is 146 g/mol. The van der Waals surface area contributed by atoms with Crippen LogP contribution in [0.3, 0.4) is 0 Å². The molecule has 0 fully saturated rings. The molecule has 0 spiro atoms. The Labute approximate surface area is 62.9 Å². The SMILES string of the molecule is CC[C@@H](O)C[C@H](CC)CO. The molecule has 2 nitrogen and oxygen atoms in total. The fraction of sp³-hybridized carbons (Fsp3) is 1.00. The molecule has 0 bridgehead atoms. The summed E-state index contributed by atoms with van der Waals surface area (Å²) in [6, 6.07) is 0. The minimum atomic E-state index is -0.225. The van der Waals surface area contributed by atoms with Gasteiger partial charge in [-0.05, 0) is 18.8 Å². The molecule has 0 aromatic rings. The van der Waals surface area contributed by atoms with Crippen molar-refractivity contribution in [2.45, 2.75) is 39.2 Å². The lowest BCUT2D eigenvalue weighted by Crippen LogP contribution is -2.14. The van der Waals surface area contributed by atoms with E-state index in [1.165, 1.54) is 0 Å². The molecule has 0 aliphatic carbocycles. The van der Waals surface area contributed by atoms with E-state index in [-0.39, 0.29) is 18.6 Å². The van der Waals surface area contributed by atoms with Gasteiger partial charge in [-0.3, -0.25) is 0 Å². The highest BCUT2D eigenvalue weighted by Crippen LogP contribution is 2.11. The standard InChI is InChI=1S/C8H18O2/c1-3-7(6-9)5-8(10)4-2/h7-10H,3-6H2,1-2H3/t7-,8+/m0/s1. The van der Waals surface area contributed by atoms with Crippen LogP contribution in [0.1, 0.15) is 33.1 Å². The zero-order chi connectivity index (χ0) is 7.98. The Hall–Kier alpha value is -0.0800. The van der Waals surface area contributed by atoms with E-state index in [1.54, 1.807) is 0 Å². The largest absolute Gasteiger partial charge is 0.396 e. The third kappa shape index (κ3) is 3.85. The molecule has 0 amide bonds. The maximum atomic E-state index is 9.18. The maximum absolute atomic E-state index is 9.18. The fourth-order valence-electron chi connectivity index (χ4n) is 0.922. The minimum Gasteiger partial charge on any atom is -0.396 e. The smallest absolute Gasteiger partial charge is 0.0541 e. The first kappa shape index (κ1) is 9.92. The Morgan fingerprint density at radius 2 is 1.80 bits per heavy atom. The summed E-state index contributed by atoms with van der Waals surface area (Å²) >= 11 is 0. The van der Waals surface area contributed by atoms with Gasteiger partial charge in [0, 0.05) is 6.61 Å². The predicted octanol–water partition coefficient (Wildman–Crippen LogP) is 1.17. The van der Waals surface area contributed by atoms with E-state index < -0.39 is 0 Å². The molecule has 0 radical (unpaired) electrons. The summed E-state index contributed by atoms with van der Waals surface area (Å²) in [5.74, 6) is 0.287. The van der Waals surface area contributed by atoms with E-state index >= 15 is 0 Å². The van der Waals surface area contributed by atoms with Gasteiger partial charge in [-0.2, -0.15) is 0 Å². The fourth-order valence-corrected chi connectivity index (χ4v) is 0.922. The molecule has 0 aliphatic heterocycles. The van der Waals surface area contributed by atoms with Gasteiger partial charge < -0.3 is 10.2 Å². The summed E-state index contributed by atoms with van der Waals surface area (Å²) in [5, 5.41) is 17.9. The van der Waals surface area contributed by atoms with Crippen LogP contribution in [-0.2, 0) is 0 Å². The third-order valence-electron chi connectivity index (χ3n) is 1.91. The van der Waals surface area contributed by atoms with E-state index in [1.807, 2.05) is 13.8 Å². The lowest BCUT2D eigenvalue weighted by atomic mass is 9.99. The summed E-state index contributed by atoms with van der Waals surface area (Å²) in [5.41, 5.74) is 0. The Morgan fingerprint density at radius 1 is 1.20 bits per heavy atom. The Bertz CT molecular complexity index is 69.7. The van der Waals surface area contributed by atoms with Crippen molar-refractivity contribution in [1.82, 2.24) is 0 Å². The summed E-state index contributed by atoms with van der Waals surface area (Å²) in [7, 11) is 0. The average molecular weight is 146 g/mol. The van der Waals surface area contributed by atoms with E-state index in [0.717, 1.165) is 19.3 Å². The first-order chi connectivity index (χ1) is 4.74. The highest BCUT2D eigenvalue weighted by atomic mass is 16.3. The summed E-state index contributed by atoms with van der Waals surface area (Å²) in [6.45, 7) is 4.19. The Morgan fingerprint density at radius 3 is 2.10 bits per heavy atom. The maximum Gasteiger partial charge on any atom is 0.0541 e. The van der Waals surface area contributed by atoms with Gasteiger partial charge in [0.25, 0.3) is 0 Å². The van der Waals surface area contributed by atoms with Gasteiger partial charge in [-0.25, -0.2) is 0 Å². The van der Waals surface area contributed by atoms with Crippen LogP contribution >= 0.6 is 0 Å². The highest BCUT2D eigenvalue weighted by molar-refractivity contribution is 4.61. The predicted molar refractivity (Wildman–Crippen MR) is 41.8 cm³/mol. The Kier molecular flexibility index (Phi) is 5.64. The van der Waals surface area contributed by atoms with E-state index in [9.17, 15) is 5.11 Å². The quantitative estimate of drug-likeness (QED) is 0.611. The van der Waals surface area contributed by atoms with Crippen LogP contribution in [0, 0.1) is 5.92 Å². The van der Waals surface area contributed by atoms with Crippen molar-refractivity contribution < 1.29 is 10.2 Å². The van der Waals surface area contributed by atoms with Gasteiger partial charge in [0.15, 0.2) is 0 Å². The number of hydrogen-bond acceptors (Lipinski definition) is 2. The van der Waals surface area contributed by atoms with Crippen LogP contribution in [0.5, 0.6) is 0 Å². The second kappa shape index (κ2) is 5.69. The van der Waals surface area contributed by atoms with Crippen LogP contribution in [0.4, 0.5) is 0 Å². The van der Waals surface area contributed by atoms with Gasteiger partial charge in [0.05, 0.1) is 6.10 Å². The van der Waals surface area contributed by atoms with Crippen molar-refractivity contribution >= 4 is 0 Å². The number of aliphatic hydroxyl groups is 2. The van der Waals surface area contributed by atoms with Gasteiger partial charge in [0.1, 0.15) is 0 Å². The van der Waals surface area contributed by atoms with Gasteiger partial charge in [-0.1, -0.05) is 20.3 Å². The lowest BCUT2D eigenvalue weighted by molar-refractivity contribution is 0.111. The minimum absolute atomic E-state index is 0.202. The van der Waals surface area contributed by atoms with Crippen LogP contribution in [0.25, 0.3) is 0 Å². The Balaban J connectivity index is 3.41. The molecule has 0 rings (SSSR count). The van der Waals surface area contributed by atoms with Crippen molar-refractivity contribution in [1.29, 1.82) is 0 Å². The molecule has 0 heterocycles. The molecule has 0 saturated heterocycles. The third-order valence-corrected chi connectivity index (χ3v) is 1.91. The zero-order valence-electron chi connectivity index (χ0n) is 6.88. The van der Waals surface area contributed by atoms with Gasteiger partial charge in [-0.15, -0.1) is 0 Å². The first-order valence-corrected chi connectivity index (χ1v) is 4.03. The topological polar surface area (TPSA) is 40.5 Å². The van der Waals surface area contributed by atoms with Crippen molar-refractivity contribution in [2.75, 3.05) is 6.61 Å². The molecule has 10 heavy (non-hydrogen) atoms. The second-order valence-corrected chi connectivity index (χ2v) is 2.75. The molecule has 0 aromatic heterocycles. The average Bonchev–Trinajstić information content (AvgIpc) is 1.99. The van der Waals surface area contributed by atoms with Gasteiger partial charge in [0.2, 0.25) is 0 Å². The van der Waals surface area contributed by atoms with Crippen molar-refractivity contribution in [2.24, 2.45) is 5.92 Å². The van der Waals surface area contributed by atoms with Crippen molar-refractivity contribution in [3.8, 4) is 0 Å². The van der Waals surface area contributed by atoms with E-state index in [0.29, 0.717) is 0 Å². The highest BCUT2D eigenvalue weighted by Gasteiger charge is 2.09. The molecule has 62 valence electrons. The van der Waals surface area contributed by atoms with Gasteiger partial charge >= 0.3 is 0 Å². The van der Waals surface area contributed by atoms with E-state index in [4.69, 9.17) is 5.11 Å². The lowest BCUT2D eigenvalue weighted by Gasteiger charge is -2.14. The summed E-state index contributed by atoms with van der Waals surface area (Å²) < 4.78 is 0. The molecular formula is C8H18O2. The first-order valence-electron chi connectivity index (χ1n) is 4.03. The van der Waals surface area contributed by atoms with Crippen LogP contribution in [-0.4, -0.2) is 22.9 Å². The second-order valence-electron chi connectivity index (χ2n) is 2.75. The van der Waals surface area contributed by atoms with Crippen molar-refractivity contribution in [3.63, 3.8) is 0 Å². The van der Waals surface area contributed by atoms with Crippen molar-refractivity contribution in [3.05, 3.63) is 0 Å². The number of rotatable bonds is 5. The summed E-state index contributed by atoms with van der Waals surface area (Å²) in [4.78, 5) is 0. The molecule has 2 atom stereocenters. The normalized spacial score (nSPS) is 16.8. The number of hydrogen-bond donors (Lipinski definition) is 2. The number of aliphatic hydroxyl groups excluding tert-OH is 2. The summed E-state index contributed by atoms with van der Waals surface area (Å²) in [6.07, 6.45) is 2.25. The molecule has 2 heteroatoms. The molecule has 0 aliphatic rings. The zero-order valence-corrected chi connectivity index (χ0v) is 6.88. The van der Waals surface area contributed by atoms with E-state index in [2.05, 4.69) is 0 Å². The molecule has 2 N–H and O–H groups in total. The molecule has 0 aromatic carbocycles. The molecule has 0 saturated carbocycles. The molecular weight excluding hydrogens is 128 g/mol. The van der Waals surface area contributed by atoms with Crippen LogP contribution < -0.4 is 0 Å². The molecule has 0 unspecified atom stereocenters. The van der Waals surface area contributed by atoms with Crippen LogP contribution in [0.2, 0.25) is 0 Å². The van der Waals surface area contributed by atoms with Crippen LogP contribution in [0.15, 0.2) is 0 Å².